The van der Waals surface area contributed by atoms with Crippen LogP contribution in [0.4, 0.5) is 11.5 Å². The van der Waals surface area contributed by atoms with E-state index >= 15 is 0 Å². The minimum atomic E-state index is -0.637. The highest BCUT2D eigenvalue weighted by atomic mass is 32.1. The molecule has 2 N–H and O–H groups in total. The molecule has 52 heavy (non-hydrogen) atoms. The summed E-state index contributed by atoms with van der Waals surface area (Å²) in [6.07, 6.45) is 2.46. The average molecular weight is 721 g/mol. The normalized spacial score (nSPS) is 15.5. The molecule has 7 rings (SSSR count). The Morgan fingerprint density at radius 2 is 1.65 bits per heavy atom. The number of pyridine rings is 1. The van der Waals surface area contributed by atoms with E-state index in [4.69, 9.17) is 19.2 Å². The van der Waals surface area contributed by atoms with Crippen molar-refractivity contribution in [2.45, 2.75) is 25.4 Å². The van der Waals surface area contributed by atoms with Crippen LogP contribution in [0.15, 0.2) is 79.0 Å². The third-order valence-corrected chi connectivity index (χ3v) is 10.1. The highest BCUT2D eigenvalue weighted by Gasteiger charge is 2.39. The Kier molecular flexibility index (Phi) is 10.7. The van der Waals surface area contributed by atoms with Crippen molar-refractivity contribution in [3.63, 3.8) is 0 Å². The van der Waals surface area contributed by atoms with Crippen LogP contribution in [0.1, 0.15) is 28.8 Å². The predicted octanol–water partition coefficient (Wildman–Crippen LogP) is 5.38. The van der Waals surface area contributed by atoms with Gasteiger partial charge in [0.15, 0.2) is 0 Å². The van der Waals surface area contributed by atoms with Gasteiger partial charge in [-0.3, -0.25) is 19.7 Å². The van der Waals surface area contributed by atoms with E-state index in [9.17, 15) is 14.4 Å². The Hall–Kier alpha value is -5.37. The van der Waals surface area contributed by atoms with Crippen LogP contribution in [0.3, 0.4) is 0 Å². The van der Waals surface area contributed by atoms with Crippen LogP contribution in [0.5, 0.6) is 5.75 Å². The molecule has 3 aromatic carbocycles. The number of hydrogen-bond acceptors (Lipinski definition) is 11. The summed E-state index contributed by atoms with van der Waals surface area (Å²) < 4.78 is 18.3. The molecule has 2 aliphatic rings. The quantitative estimate of drug-likeness (QED) is 0.107. The van der Waals surface area contributed by atoms with E-state index < -0.39 is 11.9 Å². The van der Waals surface area contributed by atoms with E-state index in [-0.39, 0.29) is 18.2 Å². The van der Waals surface area contributed by atoms with Crippen molar-refractivity contribution < 1.29 is 28.6 Å². The lowest BCUT2D eigenvalue weighted by atomic mass is 10.0. The largest absolute Gasteiger partial charge is 0.491 e. The lowest BCUT2D eigenvalue weighted by Crippen LogP contribution is -2.52. The van der Waals surface area contributed by atoms with E-state index in [2.05, 4.69) is 52.0 Å². The van der Waals surface area contributed by atoms with Crippen LogP contribution in [0.2, 0.25) is 0 Å². The number of ether oxygens (including phenoxy) is 3. The molecule has 0 saturated carbocycles. The Bertz CT molecular complexity index is 2070. The molecule has 0 aliphatic carbocycles. The van der Waals surface area contributed by atoms with E-state index in [1.54, 1.807) is 23.5 Å². The molecule has 0 bridgehead atoms. The standard InChI is InChI=1S/C39H40N6O6S/c1-44(2)35-13-7-27(23-41-35)25-3-5-26(6-4-25)38-42-32-11-8-29(22-34(32)52-38)40-15-16-49-17-18-50-19-20-51-30-9-10-31-28(21-30)24-45(39(31)48)33-12-14-36(46)43-37(33)47/h3-11,13,21-23,33,40H,12,14-20,24H2,1-2H3,(H,43,46,47). The summed E-state index contributed by atoms with van der Waals surface area (Å²) in [5.41, 5.74) is 6.62. The van der Waals surface area contributed by atoms with E-state index in [0.717, 1.165) is 49.0 Å². The van der Waals surface area contributed by atoms with Crippen LogP contribution in [-0.4, -0.2) is 92.3 Å². The van der Waals surface area contributed by atoms with Crippen molar-refractivity contribution >= 4 is 50.8 Å². The van der Waals surface area contributed by atoms with Gasteiger partial charge in [-0.25, -0.2) is 9.97 Å². The molecule has 0 spiro atoms. The summed E-state index contributed by atoms with van der Waals surface area (Å²) in [6.45, 7) is 3.16. The molecule has 2 aromatic heterocycles. The Morgan fingerprint density at radius 3 is 2.42 bits per heavy atom. The first-order valence-electron chi connectivity index (χ1n) is 17.3. The van der Waals surface area contributed by atoms with Crippen molar-refractivity contribution in [3.05, 3.63) is 90.1 Å². The molecule has 12 nitrogen and oxygen atoms in total. The number of anilines is 2. The van der Waals surface area contributed by atoms with Gasteiger partial charge in [-0.2, -0.15) is 0 Å². The van der Waals surface area contributed by atoms with Gasteiger partial charge >= 0.3 is 0 Å². The highest BCUT2D eigenvalue weighted by molar-refractivity contribution is 7.21. The van der Waals surface area contributed by atoms with E-state index in [1.165, 1.54) is 4.90 Å². The molecule has 1 fully saturated rings. The number of benzene rings is 3. The number of nitrogens with zero attached hydrogens (tertiary/aromatic N) is 4. The fourth-order valence-corrected chi connectivity index (χ4v) is 7.24. The molecule has 1 unspecified atom stereocenters. The van der Waals surface area contributed by atoms with Crippen LogP contribution in [0.25, 0.3) is 31.9 Å². The van der Waals surface area contributed by atoms with Crippen LogP contribution in [-0.2, 0) is 25.6 Å². The maximum atomic E-state index is 12.9. The maximum Gasteiger partial charge on any atom is 0.255 e. The fourth-order valence-electron chi connectivity index (χ4n) is 6.23. The first-order valence-corrected chi connectivity index (χ1v) is 18.1. The zero-order chi connectivity index (χ0) is 36.0. The second kappa shape index (κ2) is 15.9. The first kappa shape index (κ1) is 35.1. The number of nitrogens with one attached hydrogen (secondary N) is 2. The molecule has 1 saturated heterocycles. The van der Waals surface area contributed by atoms with Gasteiger partial charge < -0.3 is 29.3 Å². The topological polar surface area (TPSA) is 135 Å². The van der Waals surface area contributed by atoms with Gasteiger partial charge in [-0.15, -0.1) is 11.3 Å². The molecule has 3 amide bonds. The molecule has 4 heterocycles. The Labute approximate surface area is 305 Å². The summed E-state index contributed by atoms with van der Waals surface area (Å²) in [6, 6.07) is 23.4. The van der Waals surface area contributed by atoms with Gasteiger partial charge in [-0.1, -0.05) is 24.3 Å². The summed E-state index contributed by atoms with van der Waals surface area (Å²) in [4.78, 5) is 49.5. The number of fused-ring (bicyclic) bond motifs is 2. The van der Waals surface area contributed by atoms with Gasteiger partial charge in [0, 0.05) is 62.2 Å². The number of rotatable bonds is 15. The SMILES string of the molecule is CN(C)c1ccc(-c2ccc(-c3nc4ccc(NCCOCCOCCOc5ccc6c(c5)CN(C5CCC(=O)NC5=O)C6=O)cc4s3)cc2)cn1. The van der Waals surface area contributed by atoms with Gasteiger partial charge in [0.2, 0.25) is 11.8 Å². The molecule has 5 aromatic rings. The van der Waals surface area contributed by atoms with Gasteiger partial charge in [0.05, 0.1) is 36.6 Å². The highest BCUT2D eigenvalue weighted by Crippen LogP contribution is 2.33. The van der Waals surface area contributed by atoms with Gasteiger partial charge in [0.25, 0.3) is 5.91 Å². The molecular formula is C39H40N6O6S. The van der Waals surface area contributed by atoms with Crippen LogP contribution in [0, 0.1) is 0 Å². The molecule has 13 heteroatoms. The molecular weight excluding hydrogens is 681 g/mol. The van der Waals surface area contributed by atoms with Crippen LogP contribution < -0.4 is 20.3 Å². The van der Waals surface area contributed by atoms with Crippen molar-refractivity contribution in [2.24, 2.45) is 0 Å². The summed E-state index contributed by atoms with van der Waals surface area (Å²) in [5, 5.41) is 6.73. The minimum Gasteiger partial charge on any atom is -0.491 e. The lowest BCUT2D eigenvalue weighted by molar-refractivity contribution is -0.136. The molecule has 268 valence electrons. The summed E-state index contributed by atoms with van der Waals surface area (Å²) in [7, 11) is 3.96. The van der Waals surface area contributed by atoms with Crippen molar-refractivity contribution in [1.82, 2.24) is 20.2 Å². The number of carbonyl (C=O) groups is 3. The Morgan fingerprint density at radius 1 is 0.885 bits per heavy atom. The average Bonchev–Trinajstić information content (AvgIpc) is 3.72. The van der Waals surface area contributed by atoms with Crippen molar-refractivity contribution in [3.8, 4) is 27.4 Å². The van der Waals surface area contributed by atoms with E-state index in [0.29, 0.717) is 63.9 Å². The predicted molar refractivity (Wildman–Crippen MR) is 201 cm³/mol. The fraction of sp³-hybridized carbons (Fsp3) is 0.308. The smallest absolute Gasteiger partial charge is 0.255 e. The molecule has 0 radical (unpaired) electrons. The summed E-state index contributed by atoms with van der Waals surface area (Å²) in [5.74, 6) is 0.630. The van der Waals surface area contributed by atoms with E-state index in [1.807, 2.05) is 49.5 Å². The zero-order valence-corrected chi connectivity index (χ0v) is 29.9. The number of thiazole rings is 1. The van der Waals surface area contributed by atoms with Crippen molar-refractivity contribution in [2.75, 3.05) is 63.9 Å². The second-order valence-electron chi connectivity index (χ2n) is 12.8. The van der Waals surface area contributed by atoms with Crippen molar-refractivity contribution in [1.29, 1.82) is 0 Å². The number of piperidine rings is 1. The molecule has 2 aliphatic heterocycles. The first-order chi connectivity index (χ1) is 25.3. The number of amides is 3. The Balaban J connectivity index is 0.786. The second-order valence-corrected chi connectivity index (χ2v) is 13.8. The third-order valence-electron chi connectivity index (χ3n) is 9.00. The number of aromatic nitrogens is 2. The number of hydrogen-bond donors (Lipinski definition) is 2. The minimum absolute atomic E-state index is 0.205. The number of imide groups is 1. The third kappa shape index (κ3) is 8.07. The maximum absolute atomic E-state index is 12.9. The lowest BCUT2D eigenvalue weighted by Gasteiger charge is -2.29. The number of carbonyl (C=O) groups excluding carboxylic acids is 3. The van der Waals surface area contributed by atoms with Crippen LogP contribution >= 0.6 is 11.3 Å². The van der Waals surface area contributed by atoms with Gasteiger partial charge in [0.1, 0.15) is 29.2 Å². The van der Waals surface area contributed by atoms with Gasteiger partial charge in [-0.05, 0) is 66.1 Å². The zero-order valence-electron chi connectivity index (χ0n) is 29.1. The molecule has 1 atom stereocenters. The monoisotopic (exact) mass is 720 g/mol. The summed E-state index contributed by atoms with van der Waals surface area (Å²) >= 11 is 1.67.